The van der Waals surface area contributed by atoms with Crippen molar-refractivity contribution >= 4 is 11.7 Å². The van der Waals surface area contributed by atoms with Crippen LogP contribution in [0.25, 0.3) is 11.3 Å². The quantitative estimate of drug-likeness (QED) is 0.682. The molecular weight excluding hydrogens is 368 g/mol. The van der Waals surface area contributed by atoms with Crippen LogP contribution in [0.4, 0.5) is 5.82 Å². The van der Waals surface area contributed by atoms with E-state index in [-0.39, 0.29) is 22.2 Å². The van der Waals surface area contributed by atoms with E-state index in [0.29, 0.717) is 17.3 Å². The summed E-state index contributed by atoms with van der Waals surface area (Å²) in [5, 5.41) is 12.3. The zero-order chi connectivity index (χ0) is 19.8. The van der Waals surface area contributed by atoms with Crippen LogP contribution in [0.5, 0.6) is 11.5 Å². The molecule has 1 aliphatic carbocycles. The Morgan fingerprint density at radius 1 is 1.07 bits per heavy atom. The Bertz CT molecular complexity index is 1100. The summed E-state index contributed by atoms with van der Waals surface area (Å²) < 4.78 is 10.8. The number of carbonyl (C=O) groups is 1. The number of aliphatic hydroxyl groups excluding tert-OH is 1. The molecule has 2 N–H and O–H groups in total. The van der Waals surface area contributed by atoms with Gasteiger partial charge in [0.25, 0.3) is 0 Å². The number of carbonyl (C=O) groups excluding carboxylic acids is 1. The van der Waals surface area contributed by atoms with Gasteiger partial charge in [-0.25, -0.2) is 4.98 Å². The maximum absolute atomic E-state index is 13.1. The van der Waals surface area contributed by atoms with Crippen molar-refractivity contribution in [3.63, 3.8) is 0 Å². The highest BCUT2D eigenvalue weighted by molar-refractivity contribution is 6.01. The zero-order valence-corrected chi connectivity index (χ0v) is 15.7. The lowest BCUT2D eigenvalue weighted by molar-refractivity contribution is -0.118. The van der Waals surface area contributed by atoms with Crippen molar-refractivity contribution < 1.29 is 22.2 Å². The monoisotopic (exact) mass is 392 g/mol. The molecule has 6 nitrogen and oxygen atoms in total. The van der Waals surface area contributed by atoms with E-state index in [0.717, 1.165) is 35.2 Å². The van der Waals surface area contributed by atoms with Crippen molar-refractivity contribution in [2.45, 2.75) is 24.9 Å². The van der Waals surface area contributed by atoms with Crippen LogP contribution in [0.1, 0.15) is 26.8 Å². The predicted octanol–water partition coefficient (Wildman–Crippen LogP) is 4.13. The number of amides is 1. The number of nitrogens with zero attached hydrogens (tertiary/aromatic N) is 1. The van der Waals surface area contributed by atoms with Gasteiger partial charge in [-0.3, -0.25) is 4.79 Å². The van der Waals surface area contributed by atoms with Crippen LogP contribution < -0.4 is 14.8 Å². The molecule has 0 radical (unpaired) electrons. The fourth-order valence-electron chi connectivity index (χ4n) is 3.70. The molecule has 0 saturated heterocycles. The first kappa shape index (κ1) is 17.7. The van der Waals surface area contributed by atoms with Crippen molar-refractivity contribution in [2.75, 3.05) is 12.1 Å². The van der Waals surface area contributed by atoms with E-state index in [9.17, 15) is 9.90 Å². The summed E-state index contributed by atoms with van der Waals surface area (Å²) >= 11 is 0. The summed E-state index contributed by atoms with van der Waals surface area (Å²) in [5.41, 5.74) is 2.84. The van der Waals surface area contributed by atoms with Crippen molar-refractivity contribution in [1.29, 1.82) is 0 Å². The molecule has 1 saturated carbocycles. The Morgan fingerprint density at radius 3 is 2.72 bits per heavy atom. The molecule has 5 rings (SSSR count). The molecule has 0 spiro atoms. The van der Waals surface area contributed by atoms with Crippen LogP contribution in [0.3, 0.4) is 0 Å². The molecule has 0 unspecified atom stereocenters. The number of hydrogen-bond donors (Lipinski definition) is 2. The first-order valence-corrected chi connectivity index (χ1v) is 9.57. The predicted molar refractivity (Wildman–Crippen MR) is 112 cm³/mol. The zero-order valence-electron chi connectivity index (χ0n) is 15.7. The normalized spacial score (nSPS) is 15.8. The first-order valence-electron chi connectivity index (χ1n) is 9.57. The van der Waals surface area contributed by atoms with Gasteiger partial charge in [0.05, 0.1) is 17.7 Å². The lowest BCUT2D eigenvalue weighted by Crippen LogP contribution is -2.28. The van der Waals surface area contributed by atoms with E-state index >= 15 is 0 Å². The molecule has 1 amide bonds. The van der Waals surface area contributed by atoms with Crippen molar-refractivity contribution in [3.05, 3.63) is 71.8 Å². The summed E-state index contributed by atoms with van der Waals surface area (Å²) in [4.78, 5) is 17.7. The second-order valence-corrected chi connectivity index (χ2v) is 7.37. The Labute approximate surface area is 171 Å². The Morgan fingerprint density at radius 2 is 1.90 bits per heavy atom. The number of benzene rings is 2. The van der Waals surface area contributed by atoms with Crippen LogP contribution in [0, 0.1) is 0 Å². The first-order chi connectivity index (χ1) is 14.2. The second-order valence-electron chi connectivity index (χ2n) is 7.37. The highest BCUT2D eigenvalue weighted by Crippen LogP contribution is 2.51. The standard InChI is InChI=1S/C23H20N2O4.2H2/c26-13-15-3-1-4-16(11-15)18-5-2-6-21(24-18)25-22(27)23(9-10-23)17-7-8-19-20(12-17)29-14-28-19;;/h1-8,11-12,26H,9-10,13-14H2,(H,24,25,27);2*1H. The number of aliphatic hydroxyl groups is 1. The van der Waals surface area contributed by atoms with Gasteiger partial charge in [0.1, 0.15) is 5.82 Å². The molecule has 2 aliphatic rings. The molecule has 1 fully saturated rings. The number of nitrogens with one attached hydrogen (secondary N) is 1. The van der Waals surface area contributed by atoms with Crippen LogP contribution in [-0.2, 0) is 16.8 Å². The Balaban J connectivity index is 0.00000136. The van der Waals surface area contributed by atoms with Gasteiger partial charge in [-0.1, -0.05) is 30.3 Å². The van der Waals surface area contributed by atoms with Gasteiger partial charge in [-0.05, 0) is 54.3 Å². The average molecular weight is 392 g/mol. The minimum Gasteiger partial charge on any atom is -0.454 e. The van der Waals surface area contributed by atoms with Gasteiger partial charge in [0, 0.05) is 8.42 Å². The van der Waals surface area contributed by atoms with Crippen molar-refractivity contribution in [2.24, 2.45) is 0 Å². The molecule has 0 bridgehead atoms. The highest BCUT2D eigenvalue weighted by atomic mass is 16.7. The van der Waals surface area contributed by atoms with Crippen molar-refractivity contribution in [3.8, 4) is 22.8 Å². The van der Waals surface area contributed by atoms with E-state index in [1.165, 1.54) is 0 Å². The summed E-state index contributed by atoms with van der Waals surface area (Å²) in [7, 11) is 0. The Kier molecular flexibility index (Phi) is 4.21. The molecular formula is C23H24N2O4. The van der Waals surface area contributed by atoms with Crippen LogP contribution in [-0.4, -0.2) is 22.8 Å². The number of pyridine rings is 1. The number of ether oxygens (including phenoxy) is 2. The number of aromatic nitrogens is 1. The SMILES string of the molecule is O=C(Nc1cccc(-c2cccc(CO)c2)n1)C1(c2ccc3c(c2)OCO3)CC1.[HH].[HH]. The second kappa shape index (κ2) is 6.90. The minimum absolute atomic E-state index is 0. The molecule has 29 heavy (non-hydrogen) atoms. The average Bonchev–Trinajstić information content (AvgIpc) is 3.45. The van der Waals surface area contributed by atoms with E-state index in [4.69, 9.17) is 9.47 Å². The maximum Gasteiger partial charge on any atom is 0.236 e. The van der Waals surface area contributed by atoms with E-state index < -0.39 is 5.41 Å². The summed E-state index contributed by atoms with van der Waals surface area (Å²) in [6.07, 6.45) is 1.58. The van der Waals surface area contributed by atoms with Gasteiger partial charge in [-0.15, -0.1) is 0 Å². The van der Waals surface area contributed by atoms with Crippen LogP contribution in [0.2, 0.25) is 0 Å². The molecule has 6 heteroatoms. The van der Waals surface area contributed by atoms with E-state index in [1.54, 1.807) is 6.07 Å². The van der Waals surface area contributed by atoms with E-state index in [1.807, 2.05) is 54.6 Å². The lowest BCUT2D eigenvalue weighted by atomic mass is 9.94. The van der Waals surface area contributed by atoms with Gasteiger partial charge in [0.15, 0.2) is 11.5 Å². The van der Waals surface area contributed by atoms with Crippen LogP contribution in [0.15, 0.2) is 60.7 Å². The van der Waals surface area contributed by atoms with Gasteiger partial charge < -0.3 is 19.9 Å². The van der Waals surface area contributed by atoms with Gasteiger partial charge in [0.2, 0.25) is 12.7 Å². The summed E-state index contributed by atoms with van der Waals surface area (Å²) in [6, 6.07) is 18.8. The van der Waals surface area contributed by atoms with Crippen molar-refractivity contribution in [1.82, 2.24) is 4.98 Å². The van der Waals surface area contributed by atoms with E-state index in [2.05, 4.69) is 10.3 Å². The fraction of sp³-hybridized carbons (Fsp3) is 0.217. The maximum atomic E-state index is 13.1. The van der Waals surface area contributed by atoms with Crippen LogP contribution >= 0.6 is 0 Å². The molecule has 0 atom stereocenters. The lowest BCUT2D eigenvalue weighted by Gasteiger charge is -2.16. The third-order valence-corrected chi connectivity index (χ3v) is 5.51. The molecule has 2 heterocycles. The molecule has 1 aliphatic heterocycles. The molecule has 2 aromatic carbocycles. The number of anilines is 1. The fourth-order valence-corrected chi connectivity index (χ4v) is 3.70. The van der Waals surface area contributed by atoms with Gasteiger partial charge in [-0.2, -0.15) is 0 Å². The number of fused-ring (bicyclic) bond motifs is 1. The third-order valence-electron chi connectivity index (χ3n) is 5.51. The highest BCUT2D eigenvalue weighted by Gasteiger charge is 2.51. The summed E-state index contributed by atoms with van der Waals surface area (Å²) in [6.45, 7) is 0.189. The molecule has 1 aromatic heterocycles. The smallest absolute Gasteiger partial charge is 0.236 e. The number of rotatable bonds is 5. The number of hydrogen-bond acceptors (Lipinski definition) is 5. The summed E-state index contributed by atoms with van der Waals surface area (Å²) in [5.74, 6) is 1.84. The minimum atomic E-state index is -0.546. The topological polar surface area (TPSA) is 80.7 Å². The molecule has 3 aromatic rings. The largest absolute Gasteiger partial charge is 0.454 e. The Hall–Kier alpha value is -3.38. The van der Waals surface area contributed by atoms with Gasteiger partial charge >= 0.3 is 0 Å². The third kappa shape index (κ3) is 3.21. The molecule has 150 valence electrons.